The van der Waals surface area contributed by atoms with Crippen molar-refractivity contribution >= 4 is 18.0 Å². The number of aliphatic hydroxyl groups is 1. The lowest BCUT2D eigenvalue weighted by Gasteiger charge is -2.03. The molecule has 1 unspecified atom stereocenters. The first kappa shape index (κ1) is 10.3. The smallest absolute Gasteiger partial charge is 0.185 e. The molecule has 1 atom stereocenters. The second kappa shape index (κ2) is 5.09. The van der Waals surface area contributed by atoms with Crippen molar-refractivity contribution in [2.45, 2.75) is 12.0 Å². The van der Waals surface area contributed by atoms with Gasteiger partial charge in [-0.2, -0.15) is 0 Å². The van der Waals surface area contributed by atoms with E-state index in [9.17, 15) is 4.79 Å². The van der Waals surface area contributed by atoms with Crippen molar-refractivity contribution in [2.75, 3.05) is 12.4 Å². The van der Waals surface area contributed by atoms with E-state index in [2.05, 4.69) is 0 Å². The molecule has 0 amide bonds. The monoisotopic (exact) mass is 200 g/mol. The predicted molar refractivity (Wildman–Crippen MR) is 51.1 cm³/mol. The molecule has 3 nitrogen and oxygen atoms in total. The van der Waals surface area contributed by atoms with Crippen LogP contribution in [0.25, 0.3) is 0 Å². The van der Waals surface area contributed by atoms with E-state index in [-0.39, 0.29) is 12.5 Å². The summed E-state index contributed by atoms with van der Waals surface area (Å²) >= 11 is 1.50. The lowest BCUT2D eigenvalue weighted by molar-refractivity contribution is 0.109. The molecule has 1 aromatic heterocycles. The minimum atomic E-state index is 0.175. The van der Waals surface area contributed by atoms with Gasteiger partial charge >= 0.3 is 0 Å². The van der Waals surface area contributed by atoms with Gasteiger partial charge in [0.1, 0.15) is 0 Å². The molecule has 0 fully saturated rings. The number of thioether (sulfide) groups is 1. The van der Waals surface area contributed by atoms with Crippen LogP contribution in [-0.4, -0.2) is 23.8 Å². The van der Waals surface area contributed by atoms with Gasteiger partial charge in [-0.1, -0.05) is 18.7 Å². The quantitative estimate of drug-likeness (QED) is 0.581. The average Bonchev–Trinajstić information content (AvgIpc) is 2.61. The van der Waals surface area contributed by atoms with Crippen molar-refractivity contribution in [3.8, 4) is 0 Å². The number of furan rings is 1. The molecule has 0 spiro atoms. The second-order valence-corrected chi connectivity index (χ2v) is 3.90. The Morgan fingerprint density at radius 1 is 1.69 bits per heavy atom. The fourth-order valence-electron chi connectivity index (χ4n) is 0.752. The lowest BCUT2D eigenvalue weighted by Crippen LogP contribution is -2.02. The van der Waals surface area contributed by atoms with Crippen LogP contribution >= 0.6 is 11.8 Å². The number of aldehydes is 1. The predicted octanol–water partition coefficient (Wildman–Crippen LogP) is 1.81. The van der Waals surface area contributed by atoms with Gasteiger partial charge in [0.2, 0.25) is 0 Å². The molecule has 1 heterocycles. The fourth-order valence-corrected chi connectivity index (χ4v) is 1.63. The number of rotatable bonds is 5. The summed E-state index contributed by atoms with van der Waals surface area (Å²) in [4.78, 5) is 10.3. The van der Waals surface area contributed by atoms with Crippen molar-refractivity contribution in [3.05, 3.63) is 17.9 Å². The van der Waals surface area contributed by atoms with Crippen molar-refractivity contribution in [1.82, 2.24) is 0 Å². The number of carbonyl (C=O) groups is 1. The van der Waals surface area contributed by atoms with Gasteiger partial charge in [0.15, 0.2) is 17.1 Å². The summed E-state index contributed by atoms with van der Waals surface area (Å²) in [6.07, 6.45) is 0.680. The first-order chi connectivity index (χ1) is 6.26. The summed E-state index contributed by atoms with van der Waals surface area (Å²) in [7, 11) is 0. The molecule has 0 aliphatic carbocycles. The maximum Gasteiger partial charge on any atom is 0.185 e. The van der Waals surface area contributed by atoms with Gasteiger partial charge in [0.05, 0.1) is 0 Å². The van der Waals surface area contributed by atoms with E-state index in [1.807, 2.05) is 6.92 Å². The van der Waals surface area contributed by atoms with Gasteiger partial charge in [-0.3, -0.25) is 4.79 Å². The summed E-state index contributed by atoms with van der Waals surface area (Å²) in [6.45, 7) is 2.13. The Balaban J connectivity index is 2.40. The molecule has 0 radical (unpaired) electrons. The van der Waals surface area contributed by atoms with E-state index < -0.39 is 0 Å². The topological polar surface area (TPSA) is 50.4 Å². The molecule has 0 bridgehead atoms. The zero-order valence-electron chi connectivity index (χ0n) is 7.40. The van der Waals surface area contributed by atoms with E-state index >= 15 is 0 Å². The molecular weight excluding hydrogens is 188 g/mol. The zero-order chi connectivity index (χ0) is 9.68. The minimum absolute atomic E-state index is 0.175. The van der Waals surface area contributed by atoms with E-state index in [4.69, 9.17) is 9.52 Å². The second-order valence-electron chi connectivity index (χ2n) is 2.87. The Morgan fingerprint density at radius 3 is 3.00 bits per heavy atom. The molecule has 13 heavy (non-hydrogen) atoms. The van der Waals surface area contributed by atoms with E-state index in [0.717, 1.165) is 10.8 Å². The van der Waals surface area contributed by atoms with Crippen LogP contribution in [0.15, 0.2) is 21.6 Å². The van der Waals surface area contributed by atoms with Crippen LogP contribution in [0.5, 0.6) is 0 Å². The summed E-state index contributed by atoms with van der Waals surface area (Å²) in [6, 6.07) is 3.40. The third-order valence-electron chi connectivity index (χ3n) is 1.54. The standard InChI is InChI=1S/C9H12O3S/c1-7(4-10)6-13-9-3-2-8(5-11)12-9/h2-3,5,7,10H,4,6H2,1H3. The molecule has 0 aromatic carbocycles. The van der Waals surface area contributed by atoms with E-state index in [1.54, 1.807) is 12.1 Å². The third kappa shape index (κ3) is 3.24. The summed E-state index contributed by atoms with van der Waals surface area (Å²) < 4.78 is 5.14. The Kier molecular flexibility index (Phi) is 4.05. The van der Waals surface area contributed by atoms with Gasteiger partial charge in [0.25, 0.3) is 0 Å². The van der Waals surface area contributed by atoms with Crippen LogP contribution in [0, 0.1) is 5.92 Å². The van der Waals surface area contributed by atoms with Crippen LogP contribution in [0.4, 0.5) is 0 Å². The highest BCUT2D eigenvalue weighted by molar-refractivity contribution is 7.99. The Labute approximate surface area is 81.1 Å². The molecule has 1 N–H and O–H groups in total. The molecule has 1 aromatic rings. The Bertz CT molecular complexity index is 270. The maximum atomic E-state index is 10.3. The molecule has 0 aliphatic heterocycles. The van der Waals surface area contributed by atoms with E-state index in [1.165, 1.54) is 11.8 Å². The minimum Gasteiger partial charge on any atom is -0.447 e. The highest BCUT2D eigenvalue weighted by atomic mass is 32.2. The van der Waals surface area contributed by atoms with Crippen LogP contribution < -0.4 is 0 Å². The zero-order valence-corrected chi connectivity index (χ0v) is 8.21. The Hall–Kier alpha value is -0.740. The maximum absolute atomic E-state index is 10.3. The number of hydrogen-bond donors (Lipinski definition) is 1. The molecule has 1 rings (SSSR count). The highest BCUT2D eigenvalue weighted by Crippen LogP contribution is 2.22. The normalized spacial score (nSPS) is 12.8. The van der Waals surface area contributed by atoms with Crippen molar-refractivity contribution in [3.63, 3.8) is 0 Å². The van der Waals surface area contributed by atoms with Gasteiger partial charge in [-0.05, 0) is 18.1 Å². The average molecular weight is 200 g/mol. The number of carbonyl (C=O) groups excluding carboxylic acids is 1. The highest BCUT2D eigenvalue weighted by Gasteiger charge is 2.04. The van der Waals surface area contributed by atoms with Crippen LogP contribution in [-0.2, 0) is 0 Å². The first-order valence-corrected chi connectivity index (χ1v) is 5.03. The van der Waals surface area contributed by atoms with Gasteiger partial charge in [-0.15, -0.1) is 0 Å². The lowest BCUT2D eigenvalue weighted by atomic mass is 10.2. The van der Waals surface area contributed by atoms with Gasteiger partial charge < -0.3 is 9.52 Å². The van der Waals surface area contributed by atoms with Crippen molar-refractivity contribution in [2.24, 2.45) is 5.92 Å². The van der Waals surface area contributed by atoms with Crippen LogP contribution in [0.3, 0.4) is 0 Å². The third-order valence-corrected chi connectivity index (χ3v) is 2.78. The number of aliphatic hydroxyl groups excluding tert-OH is 1. The van der Waals surface area contributed by atoms with Crippen molar-refractivity contribution in [1.29, 1.82) is 0 Å². The SMILES string of the molecule is CC(CO)CSc1ccc(C=O)o1. The molecule has 0 saturated carbocycles. The van der Waals surface area contributed by atoms with Gasteiger partial charge in [-0.25, -0.2) is 0 Å². The van der Waals surface area contributed by atoms with Crippen LogP contribution in [0.2, 0.25) is 0 Å². The molecule has 72 valence electrons. The number of hydrogen-bond acceptors (Lipinski definition) is 4. The summed E-state index contributed by atoms with van der Waals surface area (Å²) in [5.41, 5.74) is 0. The summed E-state index contributed by atoms with van der Waals surface area (Å²) in [5.74, 6) is 1.39. The van der Waals surface area contributed by atoms with Crippen molar-refractivity contribution < 1.29 is 14.3 Å². The molecule has 0 saturated heterocycles. The molecule has 0 aliphatic rings. The van der Waals surface area contributed by atoms with Crippen LogP contribution in [0.1, 0.15) is 17.5 Å². The fraction of sp³-hybridized carbons (Fsp3) is 0.444. The molecular formula is C9H12O3S. The first-order valence-electron chi connectivity index (χ1n) is 4.05. The molecule has 4 heteroatoms. The van der Waals surface area contributed by atoms with Gasteiger partial charge in [0, 0.05) is 12.4 Å². The Morgan fingerprint density at radius 2 is 2.46 bits per heavy atom. The summed E-state index contributed by atoms with van der Waals surface area (Å²) in [5, 5.41) is 9.49. The largest absolute Gasteiger partial charge is 0.447 e. The van der Waals surface area contributed by atoms with E-state index in [0.29, 0.717) is 12.0 Å².